The van der Waals surface area contributed by atoms with Crippen LogP contribution in [0.5, 0.6) is 5.75 Å². The van der Waals surface area contributed by atoms with Gasteiger partial charge in [-0.1, -0.05) is 36.4 Å². The van der Waals surface area contributed by atoms with Crippen LogP contribution < -0.4 is 31.8 Å². The Bertz CT molecular complexity index is 1160. The Balaban J connectivity index is 1.52. The number of methoxy groups -OCH3 is 1. The lowest BCUT2D eigenvalue weighted by atomic mass is 10.2. The molecule has 0 atom stereocenters. The van der Waals surface area contributed by atoms with E-state index in [2.05, 4.69) is 26.2 Å². The van der Waals surface area contributed by atoms with Crippen molar-refractivity contribution in [2.75, 3.05) is 28.7 Å². The van der Waals surface area contributed by atoms with Crippen molar-refractivity contribution in [3.05, 3.63) is 96.8 Å². The number of nitrogens with zero attached hydrogens (tertiary/aromatic N) is 3. The summed E-state index contributed by atoms with van der Waals surface area (Å²) in [5.74, 6) is 0.950. The van der Waals surface area contributed by atoms with Crippen LogP contribution >= 0.6 is 0 Å². The third-order valence-electron chi connectivity index (χ3n) is 4.78. The zero-order valence-corrected chi connectivity index (χ0v) is 17.9. The number of nitrogens with one attached hydrogen (secondary N) is 3. The summed E-state index contributed by atoms with van der Waals surface area (Å²) in [7, 11) is 1.57. The quantitative estimate of drug-likeness (QED) is 0.303. The molecule has 0 aliphatic carbocycles. The molecule has 4 aromatic rings. The van der Waals surface area contributed by atoms with Gasteiger partial charge < -0.3 is 10.5 Å². The zero-order chi connectivity index (χ0) is 23.0. The lowest BCUT2D eigenvalue weighted by Gasteiger charge is -2.26. The molecule has 1 heterocycles. The second kappa shape index (κ2) is 10.0. The largest absolute Gasteiger partial charge is 0.497 e. The minimum Gasteiger partial charge on any atom is -0.497 e. The first kappa shape index (κ1) is 21.4. The molecule has 1 amide bonds. The Hall–Kier alpha value is -4.79. The third-order valence-corrected chi connectivity index (χ3v) is 4.78. The Kier molecular flexibility index (Phi) is 6.51. The molecule has 4 rings (SSSR count). The van der Waals surface area contributed by atoms with Crippen LogP contribution in [0.25, 0.3) is 0 Å². The van der Waals surface area contributed by atoms with Gasteiger partial charge in [-0.3, -0.25) is 26.1 Å². The van der Waals surface area contributed by atoms with Crippen molar-refractivity contribution in [1.29, 1.82) is 0 Å². The average molecular weight is 441 g/mol. The van der Waals surface area contributed by atoms with Crippen LogP contribution in [0.4, 0.5) is 28.7 Å². The monoisotopic (exact) mass is 441 g/mol. The zero-order valence-electron chi connectivity index (χ0n) is 17.9. The summed E-state index contributed by atoms with van der Waals surface area (Å²) in [6.07, 6.45) is 1.36. The molecular formula is C24H23N7O2. The number of aromatic nitrogens is 2. The van der Waals surface area contributed by atoms with Crippen molar-refractivity contribution in [1.82, 2.24) is 15.4 Å². The molecule has 0 saturated carbocycles. The van der Waals surface area contributed by atoms with Crippen molar-refractivity contribution < 1.29 is 9.53 Å². The lowest BCUT2D eigenvalue weighted by Crippen LogP contribution is -2.31. The first-order valence-electron chi connectivity index (χ1n) is 10.1. The van der Waals surface area contributed by atoms with Crippen LogP contribution in [0.3, 0.4) is 0 Å². The summed E-state index contributed by atoms with van der Waals surface area (Å²) >= 11 is 0. The summed E-state index contributed by atoms with van der Waals surface area (Å²) < 4.78 is 5.11. The molecule has 0 unspecified atom stereocenters. The molecule has 0 radical (unpaired) electrons. The first-order chi connectivity index (χ1) is 16.2. The molecule has 0 saturated heterocycles. The Morgan fingerprint density at radius 1 is 0.848 bits per heavy atom. The molecule has 9 heteroatoms. The van der Waals surface area contributed by atoms with Crippen molar-refractivity contribution >= 4 is 34.6 Å². The highest BCUT2D eigenvalue weighted by Gasteiger charge is 2.15. The van der Waals surface area contributed by atoms with Crippen LogP contribution in [0.1, 0.15) is 10.4 Å². The summed E-state index contributed by atoms with van der Waals surface area (Å²) in [5.41, 5.74) is 17.4. The lowest BCUT2D eigenvalue weighted by molar-refractivity contribution is 0.0962. The molecular weight excluding hydrogens is 418 g/mol. The van der Waals surface area contributed by atoms with Crippen LogP contribution in [-0.2, 0) is 0 Å². The van der Waals surface area contributed by atoms with Crippen molar-refractivity contribution in [2.45, 2.75) is 0 Å². The number of ether oxygens (including phenoxy) is 1. The van der Waals surface area contributed by atoms with Gasteiger partial charge in [0.1, 0.15) is 17.8 Å². The minimum atomic E-state index is -0.347. The predicted octanol–water partition coefficient (Wildman–Crippen LogP) is 3.99. The maximum absolute atomic E-state index is 12.4. The maximum atomic E-state index is 12.4. The van der Waals surface area contributed by atoms with Gasteiger partial charge in [0.15, 0.2) is 11.6 Å². The molecule has 0 fully saturated rings. The van der Waals surface area contributed by atoms with E-state index in [1.807, 2.05) is 65.7 Å². The second-order valence-electron chi connectivity index (χ2n) is 6.91. The Labute approximate surface area is 191 Å². The SMILES string of the molecule is COc1ccc(C(=O)NNc2ncnc(NN(c3ccccc3)c3ccccc3)c2N)cc1. The van der Waals surface area contributed by atoms with Crippen molar-refractivity contribution in [2.24, 2.45) is 0 Å². The molecule has 9 nitrogen and oxygen atoms in total. The average Bonchev–Trinajstić information content (AvgIpc) is 2.88. The summed E-state index contributed by atoms with van der Waals surface area (Å²) in [6, 6.07) is 26.2. The van der Waals surface area contributed by atoms with Crippen molar-refractivity contribution in [3.63, 3.8) is 0 Å². The van der Waals surface area contributed by atoms with E-state index in [9.17, 15) is 4.79 Å². The Morgan fingerprint density at radius 2 is 1.42 bits per heavy atom. The number of carbonyl (C=O) groups excluding carboxylic acids is 1. The summed E-state index contributed by atoms with van der Waals surface area (Å²) in [4.78, 5) is 20.9. The molecule has 0 aliphatic heterocycles. The highest BCUT2D eigenvalue weighted by Crippen LogP contribution is 2.29. The van der Waals surface area contributed by atoms with E-state index in [0.29, 0.717) is 17.1 Å². The van der Waals surface area contributed by atoms with E-state index in [-0.39, 0.29) is 17.4 Å². The fourth-order valence-corrected chi connectivity index (χ4v) is 3.05. The van der Waals surface area contributed by atoms with Crippen molar-refractivity contribution in [3.8, 4) is 5.75 Å². The molecule has 166 valence electrons. The third kappa shape index (κ3) is 5.10. The highest BCUT2D eigenvalue weighted by atomic mass is 16.5. The van der Waals surface area contributed by atoms with Crippen LogP contribution in [0, 0.1) is 0 Å². The van der Waals surface area contributed by atoms with Gasteiger partial charge in [-0.05, 0) is 48.5 Å². The normalized spacial score (nSPS) is 10.2. The molecule has 5 N–H and O–H groups in total. The molecule has 33 heavy (non-hydrogen) atoms. The number of hydrogen-bond donors (Lipinski definition) is 4. The van der Waals surface area contributed by atoms with Gasteiger partial charge in [-0.15, -0.1) is 0 Å². The fourth-order valence-electron chi connectivity index (χ4n) is 3.05. The smallest absolute Gasteiger partial charge is 0.269 e. The number of nitrogen functional groups attached to an aromatic ring is 1. The number of amides is 1. The van der Waals surface area contributed by atoms with Crippen LogP contribution in [-0.4, -0.2) is 23.0 Å². The summed E-state index contributed by atoms with van der Waals surface area (Å²) in [6.45, 7) is 0. The van der Waals surface area contributed by atoms with Gasteiger partial charge in [0.2, 0.25) is 0 Å². The molecule has 0 bridgehead atoms. The van der Waals surface area contributed by atoms with Gasteiger partial charge in [-0.2, -0.15) is 0 Å². The number of nitrogens with two attached hydrogens (primary N) is 1. The van der Waals surface area contributed by atoms with Gasteiger partial charge in [0.25, 0.3) is 5.91 Å². The summed E-state index contributed by atoms with van der Waals surface area (Å²) in [5, 5.41) is 1.86. The topological polar surface area (TPSA) is 117 Å². The number of rotatable bonds is 8. The first-order valence-corrected chi connectivity index (χ1v) is 10.1. The van der Waals surface area contributed by atoms with E-state index in [1.54, 1.807) is 31.4 Å². The van der Waals surface area contributed by atoms with Crippen LogP contribution in [0.2, 0.25) is 0 Å². The highest BCUT2D eigenvalue weighted by molar-refractivity contribution is 5.95. The van der Waals surface area contributed by atoms with Crippen LogP contribution in [0.15, 0.2) is 91.3 Å². The number of anilines is 5. The number of benzene rings is 3. The van der Waals surface area contributed by atoms with E-state index in [1.165, 1.54) is 6.33 Å². The van der Waals surface area contributed by atoms with Gasteiger partial charge in [-0.25, -0.2) is 9.97 Å². The minimum absolute atomic E-state index is 0.240. The van der Waals surface area contributed by atoms with E-state index in [0.717, 1.165) is 11.4 Å². The van der Waals surface area contributed by atoms with E-state index in [4.69, 9.17) is 10.5 Å². The van der Waals surface area contributed by atoms with Gasteiger partial charge in [0.05, 0.1) is 18.5 Å². The number of para-hydroxylation sites is 2. The maximum Gasteiger partial charge on any atom is 0.269 e. The van der Waals surface area contributed by atoms with E-state index < -0.39 is 0 Å². The Morgan fingerprint density at radius 3 is 2.00 bits per heavy atom. The number of hydrogen-bond acceptors (Lipinski definition) is 8. The molecule has 0 aliphatic rings. The van der Waals surface area contributed by atoms with E-state index >= 15 is 0 Å². The van der Waals surface area contributed by atoms with Gasteiger partial charge in [0, 0.05) is 5.56 Å². The number of carbonyl (C=O) groups is 1. The predicted molar refractivity (Wildman–Crippen MR) is 129 cm³/mol. The number of hydrazine groups is 2. The van der Waals surface area contributed by atoms with Gasteiger partial charge >= 0.3 is 0 Å². The molecule has 3 aromatic carbocycles. The second-order valence-corrected chi connectivity index (χ2v) is 6.91. The molecule has 0 spiro atoms. The fraction of sp³-hybridized carbons (Fsp3) is 0.0417. The standard InChI is InChI=1S/C24H23N7O2/c1-33-20-14-12-17(13-15-20)24(32)29-28-22-21(25)23(27-16-26-22)30-31(18-8-4-2-5-9-18)19-10-6-3-7-11-19/h2-16H,25H2,1H3,(H,29,32)(H2,26,27,28,30). The molecule has 1 aromatic heterocycles.